The van der Waals surface area contributed by atoms with Crippen molar-refractivity contribution in [3.05, 3.63) is 30.3 Å². The van der Waals surface area contributed by atoms with E-state index in [0.717, 1.165) is 25.7 Å². The smallest absolute Gasteiger partial charge is 0.188 e. The predicted octanol–water partition coefficient (Wildman–Crippen LogP) is 2.75. The van der Waals surface area contributed by atoms with Gasteiger partial charge in [-0.1, -0.05) is 37.5 Å². The number of carbonyl (C=O) groups is 1. The summed E-state index contributed by atoms with van der Waals surface area (Å²) < 4.78 is 24.9. The van der Waals surface area contributed by atoms with E-state index in [1.165, 1.54) is 0 Å². The quantitative estimate of drug-likeness (QED) is 0.827. The molecule has 4 heteroatoms. The van der Waals surface area contributed by atoms with Crippen molar-refractivity contribution in [2.75, 3.05) is 0 Å². The monoisotopic (exact) mass is 266 g/mol. The number of rotatable bonds is 2. The standard InChI is InChI=1S/C14H18O3S/c15-13-10-6-1-2-7-11-14(13)18(16,17)12-8-4-3-5-9-12/h3-5,8-9,14H,1-2,6-7,10-11H2. The number of Topliss-reactive ketones (excluding diaryl/α,β-unsaturated/α-hetero) is 1. The van der Waals surface area contributed by atoms with Gasteiger partial charge in [0.15, 0.2) is 15.6 Å². The summed E-state index contributed by atoms with van der Waals surface area (Å²) >= 11 is 0. The Morgan fingerprint density at radius 1 is 0.944 bits per heavy atom. The highest BCUT2D eigenvalue weighted by Gasteiger charge is 2.33. The Balaban J connectivity index is 2.30. The normalized spacial score (nSPS) is 22.2. The first-order chi connectivity index (χ1) is 8.62. The molecule has 18 heavy (non-hydrogen) atoms. The topological polar surface area (TPSA) is 51.2 Å². The fourth-order valence-electron chi connectivity index (χ4n) is 2.41. The number of sulfone groups is 1. The summed E-state index contributed by atoms with van der Waals surface area (Å²) in [5, 5.41) is -0.833. The molecular weight excluding hydrogens is 248 g/mol. The molecule has 0 bridgehead atoms. The minimum Gasteiger partial charge on any atom is -0.298 e. The molecule has 3 nitrogen and oxygen atoms in total. The van der Waals surface area contributed by atoms with Crippen molar-refractivity contribution in [3.63, 3.8) is 0 Å². The van der Waals surface area contributed by atoms with E-state index in [9.17, 15) is 13.2 Å². The first-order valence-corrected chi connectivity index (χ1v) is 7.98. The van der Waals surface area contributed by atoms with Gasteiger partial charge in [-0.2, -0.15) is 0 Å². The maximum absolute atomic E-state index is 12.4. The minimum absolute atomic E-state index is 0.112. The van der Waals surface area contributed by atoms with E-state index in [1.807, 2.05) is 0 Å². The molecule has 0 N–H and O–H groups in total. The van der Waals surface area contributed by atoms with Crippen LogP contribution >= 0.6 is 0 Å². The average molecular weight is 266 g/mol. The van der Waals surface area contributed by atoms with Crippen LogP contribution in [0.2, 0.25) is 0 Å². The van der Waals surface area contributed by atoms with Crippen molar-refractivity contribution in [3.8, 4) is 0 Å². The zero-order valence-electron chi connectivity index (χ0n) is 10.3. The molecule has 1 aromatic rings. The van der Waals surface area contributed by atoms with Crippen molar-refractivity contribution >= 4 is 15.6 Å². The summed E-state index contributed by atoms with van der Waals surface area (Å²) in [7, 11) is -3.50. The van der Waals surface area contributed by atoms with Gasteiger partial charge in [0, 0.05) is 6.42 Å². The molecule has 0 aromatic heterocycles. The summed E-state index contributed by atoms with van der Waals surface area (Å²) in [6.07, 6.45) is 4.56. The van der Waals surface area contributed by atoms with Gasteiger partial charge in [-0.25, -0.2) is 8.42 Å². The van der Waals surface area contributed by atoms with E-state index in [2.05, 4.69) is 0 Å². The van der Waals surface area contributed by atoms with Gasteiger partial charge in [-0.15, -0.1) is 0 Å². The first kappa shape index (κ1) is 13.3. The molecule has 1 aromatic carbocycles. The van der Waals surface area contributed by atoms with Crippen LogP contribution in [0.3, 0.4) is 0 Å². The molecule has 0 amide bonds. The Morgan fingerprint density at radius 3 is 2.33 bits per heavy atom. The second-order valence-electron chi connectivity index (χ2n) is 4.77. The minimum atomic E-state index is -3.50. The van der Waals surface area contributed by atoms with Gasteiger partial charge in [0.25, 0.3) is 0 Å². The molecule has 1 aliphatic carbocycles. The number of carbonyl (C=O) groups excluding carboxylic acids is 1. The van der Waals surface area contributed by atoms with Gasteiger partial charge < -0.3 is 0 Å². The fourth-order valence-corrected chi connectivity index (χ4v) is 4.21. The van der Waals surface area contributed by atoms with E-state index in [0.29, 0.717) is 12.8 Å². The maximum Gasteiger partial charge on any atom is 0.188 e. The third-order valence-electron chi connectivity index (χ3n) is 3.44. The average Bonchev–Trinajstić information content (AvgIpc) is 2.35. The zero-order chi connectivity index (χ0) is 13.0. The lowest BCUT2D eigenvalue weighted by Crippen LogP contribution is -2.31. The maximum atomic E-state index is 12.4. The Labute approximate surface area is 108 Å². The van der Waals surface area contributed by atoms with Crippen LogP contribution in [0, 0.1) is 0 Å². The van der Waals surface area contributed by atoms with Gasteiger partial charge in [0.1, 0.15) is 5.25 Å². The summed E-state index contributed by atoms with van der Waals surface area (Å²) in [5.74, 6) is -0.112. The molecule has 1 saturated carbocycles. The second kappa shape index (κ2) is 5.65. The van der Waals surface area contributed by atoms with E-state index in [1.54, 1.807) is 30.3 Å². The summed E-state index contributed by atoms with van der Waals surface area (Å²) in [5.41, 5.74) is 0. The zero-order valence-corrected chi connectivity index (χ0v) is 11.2. The van der Waals surface area contributed by atoms with E-state index >= 15 is 0 Å². The van der Waals surface area contributed by atoms with Gasteiger partial charge in [-0.3, -0.25) is 4.79 Å². The van der Waals surface area contributed by atoms with Crippen LogP contribution in [0.15, 0.2) is 35.2 Å². The molecule has 1 atom stereocenters. The highest BCUT2D eigenvalue weighted by molar-refractivity contribution is 7.92. The number of hydrogen-bond acceptors (Lipinski definition) is 3. The van der Waals surface area contributed by atoms with Crippen molar-refractivity contribution in [2.45, 2.75) is 48.7 Å². The number of ketones is 1. The molecular formula is C14H18O3S. The summed E-state index contributed by atoms with van der Waals surface area (Å²) in [6, 6.07) is 8.31. The Bertz CT molecular complexity index is 505. The molecule has 1 fully saturated rings. The molecule has 0 aliphatic heterocycles. The number of hydrogen-bond donors (Lipinski definition) is 0. The lowest BCUT2D eigenvalue weighted by molar-refractivity contribution is -0.119. The molecule has 1 aliphatic rings. The highest BCUT2D eigenvalue weighted by atomic mass is 32.2. The van der Waals surface area contributed by atoms with Crippen molar-refractivity contribution in [1.29, 1.82) is 0 Å². The molecule has 0 spiro atoms. The summed E-state index contributed by atoms with van der Waals surface area (Å²) in [4.78, 5) is 12.3. The molecule has 2 rings (SSSR count). The first-order valence-electron chi connectivity index (χ1n) is 6.44. The van der Waals surface area contributed by atoms with Crippen LogP contribution in [0.1, 0.15) is 38.5 Å². The summed E-state index contributed by atoms with van der Waals surface area (Å²) in [6.45, 7) is 0. The van der Waals surface area contributed by atoms with Crippen molar-refractivity contribution in [1.82, 2.24) is 0 Å². The van der Waals surface area contributed by atoms with Gasteiger partial charge >= 0.3 is 0 Å². The fraction of sp³-hybridized carbons (Fsp3) is 0.500. The third kappa shape index (κ3) is 2.80. The molecule has 0 heterocycles. The van der Waals surface area contributed by atoms with Crippen LogP contribution in [-0.4, -0.2) is 19.5 Å². The van der Waals surface area contributed by atoms with E-state index in [-0.39, 0.29) is 10.7 Å². The SMILES string of the molecule is O=C1CCCCCCC1S(=O)(=O)c1ccccc1. The van der Waals surface area contributed by atoms with Crippen LogP contribution < -0.4 is 0 Å². The lowest BCUT2D eigenvalue weighted by Gasteiger charge is -2.19. The van der Waals surface area contributed by atoms with E-state index in [4.69, 9.17) is 0 Å². The van der Waals surface area contributed by atoms with Crippen LogP contribution in [-0.2, 0) is 14.6 Å². The molecule has 0 saturated heterocycles. The lowest BCUT2D eigenvalue weighted by atomic mass is 9.99. The second-order valence-corrected chi connectivity index (χ2v) is 6.90. The number of benzene rings is 1. The largest absolute Gasteiger partial charge is 0.298 e. The Hall–Kier alpha value is -1.16. The Kier molecular flexibility index (Phi) is 4.17. The molecule has 0 radical (unpaired) electrons. The van der Waals surface area contributed by atoms with Crippen LogP contribution in [0.4, 0.5) is 0 Å². The van der Waals surface area contributed by atoms with Gasteiger partial charge in [-0.05, 0) is 25.0 Å². The highest BCUT2D eigenvalue weighted by Crippen LogP contribution is 2.25. The van der Waals surface area contributed by atoms with Gasteiger partial charge in [0.05, 0.1) is 4.90 Å². The van der Waals surface area contributed by atoms with Gasteiger partial charge in [0.2, 0.25) is 0 Å². The van der Waals surface area contributed by atoms with Crippen LogP contribution in [0.25, 0.3) is 0 Å². The van der Waals surface area contributed by atoms with E-state index < -0.39 is 15.1 Å². The molecule has 98 valence electrons. The third-order valence-corrected chi connectivity index (χ3v) is 5.62. The van der Waals surface area contributed by atoms with Crippen molar-refractivity contribution < 1.29 is 13.2 Å². The van der Waals surface area contributed by atoms with Crippen LogP contribution in [0.5, 0.6) is 0 Å². The predicted molar refractivity (Wildman–Crippen MR) is 70.1 cm³/mol. The molecule has 1 unspecified atom stereocenters. The van der Waals surface area contributed by atoms with Crippen molar-refractivity contribution in [2.24, 2.45) is 0 Å². The Morgan fingerprint density at radius 2 is 1.61 bits per heavy atom.